The topological polar surface area (TPSA) is 78.2 Å². The minimum Gasteiger partial charge on any atom is -0.497 e. The van der Waals surface area contributed by atoms with E-state index < -0.39 is 0 Å². The number of aromatic nitrogens is 4. The Kier molecular flexibility index (Phi) is 10.7. The largest absolute Gasteiger partial charge is 0.497 e. The average Bonchev–Trinajstić information content (AvgIpc) is 3.77. The Balaban J connectivity index is 0.996. The van der Waals surface area contributed by atoms with Crippen molar-refractivity contribution in [1.29, 1.82) is 0 Å². The van der Waals surface area contributed by atoms with Crippen LogP contribution in [0.1, 0.15) is 30.4 Å². The highest BCUT2D eigenvalue weighted by molar-refractivity contribution is 5.65. The first-order chi connectivity index (χ1) is 23.2. The molecule has 2 aromatic heterocycles. The molecule has 240 valence electrons. The van der Waals surface area contributed by atoms with E-state index in [0.29, 0.717) is 0 Å². The number of hydrogen-bond acceptors (Lipinski definition) is 6. The Hall–Kier alpha value is -5.18. The van der Waals surface area contributed by atoms with Gasteiger partial charge in [-0.3, -0.25) is 0 Å². The fraction of sp³-hybridized carbons (Fsp3) is 0.231. The van der Waals surface area contributed by atoms with E-state index in [1.54, 1.807) is 14.2 Å². The van der Waals surface area contributed by atoms with E-state index >= 15 is 0 Å². The van der Waals surface area contributed by atoms with Crippen molar-refractivity contribution in [2.45, 2.75) is 32.4 Å². The molecule has 2 heterocycles. The van der Waals surface area contributed by atoms with Gasteiger partial charge in [0.1, 0.15) is 11.5 Å². The first kappa shape index (κ1) is 31.8. The van der Waals surface area contributed by atoms with Gasteiger partial charge >= 0.3 is 0 Å². The second kappa shape index (κ2) is 15.9. The Morgan fingerprint density at radius 2 is 0.915 bits per heavy atom. The third kappa shape index (κ3) is 8.16. The van der Waals surface area contributed by atoms with Crippen molar-refractivity contribution in [3.8, 4) is 45.4 Å². The van der Waals surface area contributed by atoms with Crippen LogP contribution in [0.25, 0.3) is 33.9 Å². The first-order valence-electron chi connectivity index (χ1n) is 16.2. The van der Waals surface area contributed by atoms with Crippen molar-refractivity contribution in [2.24, 2.45) is 0 Å². The van der Waals surface area contributed by atoms with Crippen molar-refractivity contribution in [1.82, 2.24) is 30.2 Å². The first-order valence-corrected chi connectivity index (χ1v) is 16.2. The maximum Gasteiger partial charge on any atom is 0.118 e. The van der Waals surface area contributed by atoms with Gasteiger partial charge in [-0.05, 0) is 98.7 Å². The van der Waals surface area contributed by atoms with Gasteiger partial charge in [-0.25, -0.2) is 9.36 Å². The van der Waals surface area contributed by atoms with E-state index in [1.807, 2.05) is 70.0 Å². The molecule has 0 saturated carbocycles. The summed E-state index contributed by atoms with van der Waals surface area (Å²) in [4.78, 5) is 0. The number of para-hydroxylation sites is 2. The van der Waals surface area contributed by atoms with Crippen LogP contribution in [0, 0.1) is 0 Å². The fourth-order valence-corrected chi connectivity index (χ4v) is 5.61. The van der Waals surface area contributed by atoms with Gasteiger partial charge in [-0.1, -0.05) is 42.8 Å². The van der Waals surface area contributed by atoms with Gasteiger partial charge < -0.3 is 20.1 Å². The number of rotatable bonds is 16. The molecule has 4 aromatic carbocycles. The highest BCUT2D eigenvalue weighted by Crippen LogP contribution is 2.27. The van der Waals surface area contributed by atoms with E-state index in [-0.39, 0.29) is 0 Å². The van der Waals surface area contributed by atoms with E-state index in [9.17, 15) is 0 Å². The lowest BCUT2D eigenvalue weighted by Crippen LogP contribution is -2.17. The van der Waals surface area contributed by atoms with Crippen LogP contribution in [0.15, 0.2) is 122 Å². The molecule has 8 heteroatoms. The van der Waals surface area contributed by atoms with Gasteiger partial charge in [0.25, 0.3) is 0 Å². The molecule has 0 aliphatic rings. The predicted molar refractivity (Wildman–Crippen MR) is 188 cm³/mol. The third-order valence-corrected chi connectivity index (χ3v) is 8.19. The Bertz CT molecular complexity index is 1680. The van der Waals surface area contributed by atoms with Crippen LogP contribution < -0.4 is 20.1 Å². The summed E-state index contributed by atoms with van der Waals surface area (Å²) in [6, 6.07) is 36.7. The molecule has 6 rings (SSSR count). The van der Waals surface area contributed by atoms with Gasteiger partial charge in [0.15, 0.2) is 0 Å². The molecule has 0 amide bonds. The Morgan fingerprint density at radius 1 is 0.511 bits per heavy atom. The van der Waals surface area contributed by atoms with Crippen molar-refractivity contribution in [3.05, 3.63) is 133 Å². The molecule has 0 saturated heterocycles. The fourth-order valence-electron chi connectivity index (χ4n) is 5.61. The maximum absolute atomic E-state index is 5.36. The van der Waals surface area contributed by atoms with E-state index in [2.05, 4.69) is 71.6 Å². The number of unbranched alkanes of at least 4 members (excludes halogenated alkanes) is 2. The highest BCUT2D eigenvalue weighted by atomic mass is 16.5. The standard InChI is InChI=1S/C39H42N6O2/c1-46-36-20-16-30(17-21-36)38-32(28-44(42-38)34-12-6-3-7-13-34)26-40-24-10-5-11-25-41-27-33-29-45(35-14-8-4-9-15-35)43-39(33)31-18-22-37(47-2)23-19-31/h3-4,6-9,12-23,28-29,40-41H,5,10-11,24-27H2,1-2H3. The summed E-state index contributed by atoms with van der Waals surface area (Å²) >= 11 is 0. The molecule has 8 nitrogen and oxygen atoms in total. The molecule has 6 aromatic rings. The zero-order valence-corrected chi connectivity index (χ0v) is 27.1. The van der Waals surface area contributed by atoms with Crippen molar-refractivity contribution in [3.63, 3.8) is 0 Å². The van der Waals surface area contributed by atoms with E-state index in [0.717, 1.165) is 90.8 Å². The van der Waals surface area contributed by atoms with Gasteiger partial charge in [-0.2, -0.15) is 10.2 Å². The number of nitrogens with zero attached hydrogens (tertiary/aromatic N) is 4. The molecule has 0 fully saturated rings. The molecular weight excluding hydrogens is 584 g/mol. The minimum atomic E-state index is 0.756. The highest BCUT2D eigenvalue weighted by Gasteiger charge is 2.14. The van der Waals surface area contributed by atoms with Gasteiger partial charge in [-0.15, -0.1) is 0 Å². The summed E-state index contributed by atoms with van der Waals surface area (Å²) in [7, 11) is 3.37. The van der Waals surface area contributed by atoms with Gasteiger partial charge in [0.2, 0.25) is 0 Å². The number of hydrogen-bond donors (Lipinski definition) is 2. The summed E-state index contributed by atoms with van der Waals surface area (Å²) in [5, 5.41) is 17.2. The zero-order valence-electron chi connectivity index (χ0n) is 27.1. The minimum absolute atomic E-state index is 0.756. The Morgan fingerprint density at radius 3 is 1.30 bits per heavy atom. The van der Waals surface area contributed by atoms with Gasteiger partial charge in [0, 0.05) is 47.7 Å². The lowest BCUT2D eigenvalue weighted by molar-refractivity contribution is 0.415. The van der Waals surface area contributed by atoms with Crippen LogP contribution in [0.5, 0.6) is 11.5 Å². The summed E-state index contributed by atoms with van der Waals surface area (Å²) < 4.78 is 14.6. The quantitative estimate of drug-likeness (QED) is 0.109. The summed E-state index contributed by atoms with van der Waals surface area (Å²) in [6.07, 6.45) is 7.62. The second-order valence-electron chi connectivity index (χ2n) is 11.4. The number of methoxy groups -OCH3 is 2. The van der Waals surface area contributed by atoms with Crippen LogP contribution >= 0.6 is 0 Å². The van der Waals surface area contributed by atoms with Crippen LogP contribution in [0.4, 0.5) is 0 Å². The Labute approximate surface area is 277 Å². The van der Waals surface area contributed by atoms with Crippen LogP contribution in [0.3, 0.4) is 0 Å². The molecule has 0 atom stereocenters. The maximum atomic E-state index is 5.36. The molecule has 0 aliphatic carbocycles. The van der Waals surface area contributed by atoms with Gasteiger partial charge in [0.05, 0.1) is 37.0 Å². The number of benzene rings is 4. The van der Waals surface area contributed by atoms with Crippen molar-refractivity contribution < 1.29 is 9.47 Å². The lowest BCUT2D eigenvalue weighted by atomic mass is 10.1. The molecule has 0 unspecified atom stereocenters. The smallest absolute Gasteiger partial charge is 0.118 e. The SMILES string of the molecule is COc1ccc(-c2nn(-c3ccccc3)cc2CNCCCCCNCc2cn(-c3ccccc3)nc2-c2ccc(OC)cc2)cc1. The number of nitrogens with one attached hydrogen (secondary N) is 2. The van der Waals surface area contributed by atoms with Crippen LogP contribution in [-0.2, 0) is 13.1 Å². The lowest BCUT2D eigenvalue weighted by Gasteiger charge is -2.08. The molecule has 0 spiro atoms. The average molecular weight is 627 g/mol. The van der Waals surface area contributed by atoms with Crippen molar-refractivity contribution in [2.75, 3.05) is 27.3 Å². The van der Waals surface area contributed by atoms with Crippen molar-refractivity contribution >= 4 is 0 Å². The zero-order chi connectivity index (χ0) is 32.3. The predicted octanol–water partition coefficient (Wildman–Crippen LogP) is 7.46. The summed E-state index contributed by atoms with van der Waals surface area (Å²) in [5.74, 6) is 1.68. The normalized spacial score (nSPS) is 11.1. The van der Waals surface area contributed by atoms with E-state index in [1.165, 1.54) is 11.1 Å². The van der Waals surface area contributed by atoms with Crippen LogP contribution in [0.2, 0.25) is 0 Å². The number of ether oxygens (including phenoxy) is 2. The van der Waals surface area contributed by atoms with E-state index in [4.69, 9.17) is 19.7 Å². The molecule has 0 bridgehead atoms. The summed E-state index contributed by atoms with van der Waals surface area (Å²) in [5.41, 5.74) is 8.55. The molecule has 47 heavy (non-hydrogen) atoms. The summed E-state index contributed by atoms with van der Waals surface area (Å²) in [6.45, 7) is 3.41. The molecular formula is C39H42N6O2. The molecule has 0 radical (unpaired) electrons. The molecule has 2 N–H and O–H groups in total. The second-order valence-corrected chi connectivity index (χ2v) is 11.4. The third-order valence-electron chi connectivity index (χ3n) is 8.19. The molecule has 0 aliphatic heterocycles. The van der Waals surface area contributed by atoms with Crippen LogP contribution in [-0.4, -0.2) is 46.9 Å². The monoisotopic (exact) mass is 626 g/mol.